The first kappa shape index (κ1) is 14.9. The van der Waals surface area contributed by atoms with Crippen molar-refractivity contribution in [3.8, 4) is 5.75 Å². The molecule has 0 spiro atoms. The molecule has 0 amide bonds. The van der Waals surface area contributed by atoms with Gasteiger partial charge in [-0.3, -0.25) is 0 Å². The zero-order valence-electron chi connectivity index (χ0n) is 11.5. The van der Waals surface area contributed by atoms with Crippen molar-refractivity contribution in [3.05, 3.63) is 58.1 Å². The van der Waals surface area contributed by atoms with Crippen LogP contribution in [-0.2, 0) is 10.1 Å². The highest BCUT2D eigenvalue weighted by Gasteiger charge is 2.17. The Morgan fingerprint density at radius 3 is 2.10 bits per heavy atom. The van der Waals surface area contributed by atoms with Crippen LogP contribution >= 0.6 is 11.6 Å². The van der Waals surface area contributed by atoms with E-state index in [-0.39, 0.29) is 4.90 Å². The molecule has 2 aromatic rings. The second kappa shape index (κ2) is 5.46. The molecule has 0 heterocycles. The van der Waals surface area contributed by atoms with Gasteiger partial charge in [-0.05, 0) is 67.8 Å². The topological polar surface area (TPSA) is 43.4 Å². The molecule has 106 valence electrons. The Morgan fingerprint density at radius 1 is 0.950 bits per heavy atom. The Hall–Kier alpha value is -1.52. The molecular formula is C15H15ClO3S. The fraction of sp³-hybridized carbons (Fsp3) is 0.200. The molecule has 0 aliphatic carbocycles. The lowest BCUT2D eigenvalue weighted by atomic mass is 10.1. The largest absolute Gasteiger partial charge is 0.379 e. The maximum absolute atomic E-state index is 12.2. The summed E-state index contributed by atoms with van der Waals surface area (Å²) in [7, 11) is -3.84. The maximum Gasteiger partial charge on any atom is 0.339 e. The third kappa shape index (κ3) is 3.32. The van der Waals surface area contributed by atoms with Crippen LogP contribution < -0.4 is 4.18 Å². The molecule has 0 unspecified atom stereocenters. The fourth-order valence-corrected chi connectivity index (χ4v) is 3.05. The first-order valence-electron chi connectivity index (χ1n) is 6.07. The Labute approximate surface area is 124 Å². The summed E-state index contributed by atoms with van der Waals surface area (Å²) in [5.74, 6) is 0.315. The van der Waals surface area contributed by atoms with E-state index in [1.165, 1.54) is 12.1 Å². The molecule has 0 aliphatic heterocycles. The molecule has 0 saturated carbocycles. The van der Waals surface area contributed by atoms with Gasteiger partial charge in [-0.15, -0.1) is 0 Å². The quantitative estimate of drug-likeness (QED) is 0.804. The predicted octanol–water partition coefficient (Wildman–Crippen LogP) is 4.03. The maximum atomic E-state index is 12.2. The second-order valence-electron chi connectivity index (χ2n) is 4.77. The molecule has 5 heteroatoms. The predicted molar refractivity (Wildman–Crippen MR) is 79.9 cm³/mol. The zero-order valence-corrected chi connectivity index (χ0v) is 13.0. The molecular weight excluding hydrogens is 296 g/mol. The van der Waals surface area contributed by atoms with Gasteiger partial charge in [0, 0.05) is 5.02 Å². The Bertz CT molecular complexity index is 731. The molecule has 3 nitrogen and oxygen atoms in total. The summed E-state index contributed by atoms with van der Waals surface area (Å²) >= 11 is 5.90. The van der Waals surface area contributed by atoms with E-state index < -0.39 is 10.1 Å². The van der Waals surface area contributed by atoms with Crippen LogP contribution in [0.4, 0.5) is 0 Å². The Morgan fingerprint density at radius 2 is 1.55 bits per heavy atom. The normalized spacial score (nSPS) is 11.4. The molecule has 2 rings (SSSR count). The van der Waals surface area contributed by atoms with Crippen molar-refractivity contribution in [2.24, 2.45) is 0 Å². The van der Waals surface area contributed by atoms with E-state index in [1.807, 2.05) is 19.9 Å². The number of aryl methyl sites for hydroxylation is 3. The summed E-state index contributed by atoms with van der Waals surface area (Å²) < 4.78 is 29.6. The summed E-state index contributed by atoms with van der Waals surface area (Å²) in [4.78, 5) is 0.0959. The summed E-state index contributed by atoms with van der Waals surface area (Å²) in [6.07, 6.45) is 0. The average Bonchev–Trinajstić information content (AvgIpc) is 2.30. The van der Waals surface area contributed by atoms with E-state index in [2.05, 4.69) is 0 Å². The lowest BCUT2D eigenvalue weighted by molar-refractivity contribution is 0.485. The Kier molecular flexibility index (Phi) is 4.06. The third-order valence-electron chi connectivity index (χ3n) is 2.82. The molecule has 0 aliphatic rings. The lowest BCUT2D eigenvalue weighted by Gasteiger charge is -2.09. The molecule has 0 fully saturated rings. The molecule has 0 atom stereocenters. The minimum absolute atomic E-state index is 0.0959. The van der Waals surface area contributed by atoms with Crippen LogP contribution in [0.3, 0.4) is 0 Å². The van der Waals surface area contributed by atoms with Gasteiger partial charge >= 0.3 is 10.1 Å². The van der Waals surface area contributed by atoms with Gasteiger partial charge in [0.15, 0.2) is 0 Å². The third-order valence-corrected chi connectivity index (χ3v) is 4.49. The van der Waals surface area contributed by atoms with E-state index >= 15 is 0 Å². The molecule has 0 bridgehead atoms. The SMILES string of the molecule is Cc1cc(C)cc(OS(=O)(=O)c2ccc(Cl)c(C)c2)c1. The number of halogens is 1. The van der Waals surface area contributed by atoms with Crippen LogP contribution in [0.25, 0.3) is 0 Å². The minimum Gasteiger partial charge on any atom is -0.379 e. The van der Waals surface area contributed by atoms with E-state index in [1.54, 1.807) is 25.1 Å². The summed E-state index contributed by atoms with van der Waals surface area (Å²) in [6, 6.07) is 9.81. The first-order chi connectivity index (χ1) is 9.28. The van der Waals surface area contributed by atoms with Crippen molar-refractivity contribution < 1.29 is 12.6 Å². The van der Waals surface area contributed by atoms with Gasteiger partial charge in [0.05, 0.1) is 0 Å². The highest BCUT2D eigenvalue weighted by molar-refractivity contribution is 7.87. The van der Waals surface area contributed by atoms with Gasteiger partial charge in [0.1, 0.15) is 10.6 Å². The first-order valence-corrected chi connectivity index (χ1v) is 7.85. The van der Waals surface area contributed by atoms with Gasteiger partial charge in [0.2, 0.25) is 0 Å². The van der Waals surface area contributed by atoms with Gasteiger partial charge in [-0.1, -0.05) is 17.7 Å². The summed E-state index contributed by atoms with van der Waals surface area (Å²) in [6.45, 7) is 5.52. The van der Waals surface area contributed by atoms with E-state index in [0.29, 0.717) is 16.3 Å². The molecule has 0 aromatic heterocycles. The fourth-order valence-electron chi connectivity index (χ4n) is 1.93. The molecule has 0 radical (unpaired) electrons. The zero-order chi connectivity index (χ0) is 14.9. The van der Waals surface area contributed by atoms with Crippen molar-refractivity contribution in [2.45, 2.75) is 25.7 Å². The highest BCUT2D eigenvalue weighted by atomic mass is 35.5. The minimum atomic E-state index is -3.84. The van der Waals surface area contributed by atoms with Crippen molar-refractivity contribution >= 4 is 21.7 Å². The van der Waals surface area contributed by atoms with E-state index in [9.17, 15) is 8.42 Å². The number of rotatable bonds is 3. The van der Waals surface area contributed by atoms with Crippen molar-refractivity contribution in [1.29, 1.82) is 0 Å². The van der Waals surface area contributed by atoms with Gasteiger partial charge in [-0.25, -0.2) is 0 Å². The van der Waals surface area contributed by atoms with Gasteiger partial charge in [0.25, 0.3) is 0 Å². The van der Waals surface area contributed by atoms with E-state index in [0.717, 1.165) is 11.1 Å². The van der Waals surface area contributed by atoms with Gasteiger partial charge < -0.3 is 4.18 Å². The van der Waals surface area contributed by atoms with Crippen molar-refractivity contribution in [1.82, 2.24) is 0 Å². The van der Waals surface area contributed by atoms with E-state index in [4.69, 9.17) is 15.8 Å². The smallest absolute Gasteiger partial charge is 0.339 e. The van der Waals surface area contributed by atoms with Crippen LogP contribution in [0, 0.1) is 20.8 Å². The van der Waals surface area contributed by atoms with Crippen molar-refractivity contribution in [2.75, 3.05) is 0 Å². The molecule has 2 aromatic carbocycles. The van der Waals surface area contributed by atoms with Crippen LogP contribution in [0.1, 0.15) is 16.7 Å². The number of hydrogen-bond acceptors (Lipinski definition) is 3. The van der Waals surface area contributed by atoms with Crippen LogP contribution in [0.5, 0.6) is 5.75 Å². The number of hydrogen-bond donors (Lipinski definition) is 0. The Balaban J connectivity index is 2.37. The second-order valence-corrected chi connectivity index (χ2v) is 6.73. The van der Waals surface area contributed by atoms with Crippen molar-refractivity contribution in [3.63, 3.8) is 0 Å². The monoisotopic (exact) mass is 310 g/mol. The number of benzene rings is 2. The lowest BCUT2D eigenvalue weighted by Crippen LogP contribution is -2.10. The molecule has 0 N–H and O–H groups in total. The molecule has 20 heavy (non-hydrogen) atoms. The van der Waals surface area contributed by atoms with Gasteiger partial charge in [-0.2, -0.15) is 8.42 Å². The van der Waals surface area contributed by atoms with Crippen LogP contribution in [0.2, 0.25) is 5.02 Å². The summed E-state index contributed by atoms with van der Waals surface area (Å²) in [5, 5.41) is 0.523. The standard InChI is InChI=1S/C15H15ClO3S/c1-10-6-11(2)8-13(7-10)19-20(17,18)14-4-5-15(16)12(3)9-14/h4-9H,1-3H3. The van der Waals surface area contributed by atoms with Crippen LogP contribution in [0.15, 0.2) is 41.3 Å². The van der Waals surface area contributed by atoms with Crippen LogP contribution in [-0.4, -0.2) is 8.42 Å². The molecule has 0 saturated heterocycles. The highest BCUT2D eigenvalue weighted by Crippen LogP contribution is 2.24. The average molecular weight is 311 g/mol. The summed E-state index contributed by atoms with van der Waals surface area (Å²) in [5.41, 5.74) is 2.58.